The van der Waals surface area contributed by atoms with Gasteiger partial charge in [-0.3, -0.25) is 14.9 Å². The number of carbonyl (C=O) groups is 2. The second-order valence-corrected chi connectivity index (χ2v) is 5.73. The third kappa shape index (κ3) is 5.60. The summed E-state index contributed by atoms with van der Waals surface area (Å²) in [7, 11) is 0. The van der Waals surface area contributed by atoms with Crippen molar-refractivity contribution in [2.75, 3.05) is 25.0 Å². The zero-order valence-corrected chi connectivity index (χ0v) is 13.5. The molecule has 0 spiro atoms. The molecule has 0 saturated carbocycles. The third-order valence-corrected chi connectivity index (χ3v) is 3.81. The fraction of sp³-hybridized carbons (Fsp3) is 0.467. The van der Waals surface area contributed by atoms with Crippen LogP contribution in [0, 0.1) is 16.0 Å². The smallest absolute Gasteiger partial charge is 0.422 e. The predicted octanol–water partition coefficient (Wildman–Crippen LogP) is 2.94. The average molecular weight is 375 g/mol. The number of alkyl halides is 3. The van der Waals surface area contributed by atoms with Gasteiger partial charge in [0.15, 0.2) is 6.61 Å². The summed E-state index contributed by atoms with van der Waals surface area (Å²) in [5.74, 6) is -0.824. The number of piperidine rings is 1. The lowest BCUT2D eigenvalue weighted by Crippen LogP contribution is -2.42. The molecule has 1 aromatic carbocycles. The van der Waals surface area contributed by atoms with Crippen molar-refractivity contribution in [3.05, 3.63) is 34.4 Å². The number of carbonyl (C=O) groups excluding carboxylic acids is 2. The molecule has 1 aliphatic heterocycles. The maximum absolute atomic E-state index is 12.2. The highest BCUT2D eigenvalue weighted by Crippen LogP contribution is 2.23. The number of nitro benzene ring substituents is 1. The molecule has 0 bridgehead atoms. The molecule has 1 saturated heterocycles. The number of hydrogen-bond donors (Lipinski definition) is 1. The fourth-order valence-corrected chi connectivity index (χ4v) is 2.50. The molecule has 0 aliphatic carbocycles. The molecule has 8 nitrogen and oxygen atoms in total. The molecular weight excluding hydrogens is 359 g/mol. The number of ether oxygens (including phenoxy) is 1. The van der Waals surface area contributed by atoms with Crippen molar-refractivity contribution in [3.63, 3.8) is 0 Å². The van der Waals surface area contributed by atoms with E-state index in [-0.39, 0.29) is 43.2 Å². The van der Waals surface area contributed by atoms with Gasteiger partial charge in [0.25, 0.3) is 5.69 Å². The van der Waals surface area contributed by atoms with Crippen molar-refractivity contribution in [1.82, 2.24) is 4.90 Å². The van der Waals surface area contributed by atoms with Gasteiger partial charge in [-0.1, -0.05) is 6.07 Å². The first-order chi connectivity index (χ1) is 12.2. The van der Waals surface area contributed by atoms with Crippen LogP contribution in [0.4, 0.5) is 29.3 Å². The SMILES string of the molecule is O=C(Nc1cccc([N+](=O)[O-])c1)C1CCN(C(=O)OCC(F)(F)F)CC1. The van der Waals surface area contributed by atoms with Crippen LogP contribution in [0.15, 0.2) is 24.3 Å². The van der Waals surface area contributed by atoms with Crippen LogP contribution in [-0.2, 0) is 9.53 Å². The molecule has 1 fully saturated rings. The predicted molar refractivity (Wildman–Crippen MR) is 83.4 cm³/mol. The highest BCUT2D eigenvalue weighted by atomic mass is 19.4. The summed E-state index contributed by atoms with van der Waals surface area (Å²) in [6.45, 7) is -1.48. The van der Waals surface area contributed by atoms with Crippen molar-refractivity contribution in [2.24, 2.45) is 5.92 Å². The van der Waals surface area contributed by atoms with Crippen molar-refractivity contribution in [2.45, 2.75) is 19.0 Å². The zero-order valence-electron chi connectivity index (χ0n) is 13.5. The van der Waals surface area contributed by atoms with Crippen LogP contribution in [-0.4, -0.2) is 47.7 Å². The zero-order chi connectivity index (χ0) is 19.3. The first-order valence-corrected chi connectivity index (χ1v) is 7.69. The summed E-state index contributed by atoms with van der Waals surface area (Å²) < 4.78 is 40.3. The highest BCUT2D eigenvalue weighted by Gasteiger charge is 2.33. The monoisotopic (exact) mass is 375 g/mol. The first kappa shape index (κ1) is 19.5. The van der Waals surface area contributed by atoms with Crippen LogP contribution in [0.3, 0.4) is 0 Å². The first-order valence-electron chi connectivity index (χ1n) is 7.69. The standard InChI is InChI=1S/C15H16F3N3O5/c16-15(17,18)9-26-14(23)20-6-4-10(5-7-20)13(22)19-11-2-1-3-12(8-11)21(24)25/h1-3,8,10H,4-7,9H2,(H,19,22). The Bertz CT molecular complexity index is 687. The number of likely N-dealkylation sites (tertiary alicyclic amines) is 1. The van der Waals surface area contributed by atoms with Crippen molar-refractivity contribution >= 4 is 23.4 Å². The Morgan fingerprint density at radius 1 is 1.31 bits per heavy atom. The maximum Gasteiger partial charge on any atom is 0.422 e. The summed E-state index contributed by atoms with van der Waals surface area (Å²) in [5.41, 5.74) is 0.112. The van der Waals surface area contributed by atoms with E-state index in [0.717, 1.165) is 4.90 Å². The number of benzene rings is 1. The number of anilines is 1. The van der Waals surface area contributed by atoms with E-state index in [1.807, 2.05) is 0 Å². The van der Waals surface area contributed by atoms with Crippen LogP contribution in [0.1, 0.15) is 12.8 Å². The second-order valence-electron chi connectivity index (χ2n) is 5.73. The third-order valence-electron chi connectivity index (χ3n) is 3.81. The van der Waals surface area contributed by atoms with Gasteiger partial charge in [0.1, 0.15) is 0 Å². The molecule has 1 aromatic rings. The number of nitrogens with one attached hydrogen (secondary N) is 1. The Hall–Kier alpha value is -2.85. The number of nitro groups is 1. The van der Waals surface area contributed by atoms with Crippen molar-refractivity contribution < 1.29 is 32.4 Å². The largest absolute Gasteiger partial charge is 0.440 e. The summed E-state index contributed by atoms with van der Waals surface area (Å²) in [6, 6.07) is 5.46. The van der Waals surface area contributed by atoms with E-state index in [0.29, 0.717) is 0 Å². The number of nitrogens with zero attached hydrogens (tertiary/aromatic N) is 2. The van der Waals surface area contributed by atoms with Crippen LogP contribution in [0.5, 0.6) is 0 Å². The van der Waals surface area contributed by atoms with Crippen molar-refractivity contribution in [1.29, 1.82) is 0 Å². The highest BCUT2D eigenvalue weighted by molar-refractivity contribution is 5.93. The quantitative estimate of drug-likeness (QED) is 0.644. The number of halogens is 3. The molecule has 1 heterocycles. The van der Waals surface area contributed by atoms with Gasteiger partial charge in [-0.05, 0) is 18.9 Å². The minimum absolute atomic E-state index is 0.0870. The Balaban J connectivity index is 1.83. The molecule has 26 heavy (non-hydrogen) atoms. The summed E-state index contributed by atoms with van der Waals surface area (Å²) >= 11 is 0. The van der Waals surface area contributed by atoms with Gasteiger partial charge >= 0.3 is 12.3 Å². The van der Waals surface area contributed by atoms with Gasteiger partial charge in [0, 0.05) is 36.8 Å². The molecule has 0 unspecified atom stereocenters. The Labute approximate surface area is 146 Å². The van der Waals surface area contributed by atoms with E-state index >= 15 is 0 Å². The van der Waals surface area contributed by atoms with E-state index in [1.165, 1.54) is 24.3 Å². The lowest BCUT2D eigenvalue weighted by molar-refractivity contribution is -0.384. The number of amides is 2. The Morgan fingerprint density at radius 2 is 1.96 bits per heavy atom. The molecule has 1 aliphatic rings. The van der Waals surface area contributed by atoms with Gasteiger partial charge in [-0.2, -0.15) is 13.2 Å². The van der Waals surface area contributed by atoms with E-state index in [4.69, 9.17) is 0 Å². The molecule has 142 valence electrons. The molecule has 0 atom stereocenters. The normalized spacial score (nSPS) is 15.4. The molecule has 0 radical (unpaired) electrons. The van der Waals surface area contributed by atoms with Gasteiger partial charge in [-0.15, -0.1) is 0 Å². The van der Waals surface area contributed by atoms with E-state index in [2.05, 4.69) is 10.1 Å². The Morgan fingerprint density at radius 3 is 2.54 bits per heavy atom. The van der Waals surface area contributed by atoms with Crippen LogP contribution in [0.2, 0.25) is 0 Å². The van der Waals surface area contributed by atoms with E-state index in [9.17, 15) is 32.9 Å². The number of hydrogen-bond acceptors (Lipinski definition) is 5. The molecular formula is C15H16F3N3O5. The lowest BCUT2D eigenvalue weighted by atomic mass is 9.96. The average Bonchev–Trinajstić information content (AvgIpc) is 2.59. The summed E-state index contributed by atoms with van der Waals surface area (Å²) in [4.78, 5) is 35.0. The fourth-order valence-electron chi connectivity index (χ4n) is 2.50. The van der Waals surface area contributed by atoms with Gasteiger partial charge < -0.3 is 15.0 Å². The van der Waals surface area contributed by atoms with Crippen LogP contribution in [0.25, 0.3) is 0 Å². The summed E-state index contributed by atoms with van der Waals surface area (Å²) in [5, 5.41) is 13.3. The topological polar surface area (TPSA) is 102 Å². The Kier molecular flexibility index (Phi) is 6.01. The van der Waals surface area contributed by atoms with Gasteiger partial charge in [0.05, 0.1) is 4.92 Å². The minimum Gasteiger partial charge on any atom is -0.440 e. The molecule has 1 N–H and O–H groups in total. The summed E-state index contributed by atoms with van der Waals surface area (Å²) in [6.07, 6.45) is -5.16. The van der Waals surface area contributed by atoms with Crippen LogP contribution >= 0.6 is 0 Å². The van der Waals surface area contributed by atoms with E-state index in [1.54, 1.807) is 0 Å². The molecule has 2 rings (SSSR count). The second kappa shape index (κ2) is 8.02. The number of non-ortho nitro benzene ring substituents is 1. The van der Waals surface area contributed by atoms with E-state index < -0.39 is 29.7 Å². The number of rotatable bonds is 4. The minimum atomic E-state index is -4.59. The van der Waals surface area contributed by atoms with Gasteiger partial charge in [0.2, 0.25) is 5.91 Å². The van der Waals surface area contributed by atoms with Crippen molar-refractivity contribution in [3.8, 4) is 0 Å². The lowest BCUT2D eigenvalue weighted by Gasteiger charge is -2.30. The maximum atomic E-state index is 12.2. The molecule has 11 heteroatoms. The molecule has 0 aromatic heterocycles. The van der Waals surface area contributed by atoms with Gasteiger partial charge in [-0.25, -0.2) is 4.79 Å². The molecule has 2 amide bonds. The van der Waals surface area contributed by atoms with Crippen LogP contribution < -0.4 is 5.32 Å².